The molecule has 108 valence electrons. The van der Waals surface area contributed by atoms with E-state index in [2.05, 4.69) is 6.08 Å². The van der Waals surface area contributed by atoms with Crippen LogP contribution in [0.1, 0.15) is 33.6 Å². The highest BCUT2D eigenvalue weighted by molar-refractivity contribution is 5.84. The minimum absolute atomic E-state index is 0.138. The summed E-state index contributed by atoms with van der Waals surface area (Å²) in [5.74, 6) is -2.33. The summed E-state index contributed by atoms with van der Waals surface area (Å²) in [6.07, 6.45) is 4.98. The lowest BCUT2D eigenvalue weighted by atomic mass is 10.1. The summed E-state index contributed by atoms with van der Waals surface area (Å²) in [6.45, 7) is 5.82. The van der Waals surface area contributed by atoms with Gasteiger partial charge in [0.2, 0.25) is 0 Å². The molecule has 0 aromatic heterocycles. The van der Waals surface area contributed by atoms with Gasteiger partial charge in [-0.2, -0.15) is 0 Å². The Balaban J connectivity index is 2.60. The van der Waals surface area contributed by atoms with Crippen molar-refractivity contribution < 1.29 is 18.3 Å². The fourth-order valence-corrected chi connectivity index (χ4v) is 1.59. The molecule has 0 aliphatic carbocycles. The summed E-state index contributed by atoms with van der Waals surface area (Å²) in [6, 6.07) is 2.65. The van der Waals surface area contributed by atoms with Crippen LogP contribution in [0, 0.1) is 11.6 Å². The normalized spacial score (nSPS) is 11.2. The molecule has 0 aliphatic rings. The van der Waals surface area contributed by atoms with E-state index in [4.69, 9.17) is 4.74 Å². The molecule has 0 fully saturated rings. The van der Waals surface area contributed by atoms with Crippen LogP contribution >= 0.6 is 0 Å². The highest BCUT2D eigenvalue weighted by Crippen LogP contribution is 2.16. The van der Waals surface area contributed by atoms with Gasteiger partial charge in [-0.15, -0.1) is 0 Å². The zero-order valence-electron chi connectivity index (χ0n) is 11.9. The summed E-state index contributed by atoms with van der Waals surface area (Å²) in [7, 11) is 0. The Labute approximate surface area is 117 Å². The van der Waals surface area contributed by atoms with E-state index in [0.29, 0.717) is 0 Å². The largest absolute Gasteiger partial charge is 0.423 e. The van der Waals surface area contributed by atoms with E-state index in [1.165, 1.54) is 11.6 Å². The molecule has 0 N–H and O–H groups in total. The summed E-state index contributed by atoms with van der Waals surface area (Å²) in [4.78, 5) is 11.6. The monoisotopic (exact) mass is 280 g/mol. The van der Waals surface area contributed by atoms with Crippen molar-refractivity contribution in [3.8, 4) is 5.75 Å². The summed E-state index contributed by atoms with van der Waals surface area (Å²) < 4.78 is 30.7. The zero-order valence-corrected chi connectivity index (χ0v) is 11.9. The molecule has 0 unspecified atom stereocenters. The Morgan fingerprint density at radius 1 is 1.15 bits per heavy atom. The van der Waals surface area contributed by atoms with Gasteiger partial charge in [-0.3, -0.25) is 0 Å². The van der Waals surface area contributed by atoms with Gasteiger partial charge in [-0.1, -0.05) is 17.2 Å². The van der Waals surface area contributed by atoms with E-state index in [1.54, 1.807) is 0 Å². The molecule has 0 bridgehead atoms. The fraction of sp³-hybridized carbons (Fsp3) is 0.312. The maximum atomic E-state index is 12.9. The fourth-order valence-electron chi connectivity index (χ4n) is 1.59. The molecule has 0 radical (unpaired) electrons. The number of carbonyl (C=O) groups is 1. The molecule has 4 heteroatoms. The van der Waals surface area contributed by atoms with Crippen LogP contribution in [0.5, 0.6) is 5.75 Å². The Morgan fingerprint density at radius 2 is 1.75 bits per heavy atom. The first-order valence-electron chi connectivity index (χ1n) is 6.35. The average Bonchev–Trinajstić information content (AvgIpc) is 2.25. The van der Waals surface area contributed by atoms with E-state index in [0.717, 1.165) is 36.6 Å². The summed E-state index contributed by atoms with van der Waals surface area (Å²) >= 11 is 0. The molecular formula is C16H18F2O2. The Morgan fingerprint density at radius 3 is 2.30 bits per heavy atom. The van der Waals surface area contributed by atoms with Gasteiger partial charge in [0.25, 0.3) is 0 Å². The first kappa shape index (κ1) is 16.1. The third kappa shape index (κ3) is 6.27. The quantitative estimate of drug-likeness (QED) is 0.342. The number of ether oxygens (including phenoxy) is 1. The smallest absolute Gasteiger partial charge is 0.336 e. The minimum Gasteiger partial charge on any atom is -0.423 e. The van der Waals surface area contributed by atoms with Crippen LogP contribution in [0.2, 0.25) is 0 Å². The third-order valence-corrected chi connectivity index (χ3v) is 2.51. The maximum Gasteiger partial charge on any atom is 0.336 e. The Hall–Kier alpha value is -1.97. The van der Waals surface area contributed by atoms with Crippen molar-refractivity contribution in [1.82, 2.24) is 0 Å². The lowest BCUT2D eigenvalue weighted by Gasteiger charge is -2.03. The van der Waals surface area contributed by atoms with Crippen molar-refractivity contribution >= 4 is 5.97 Å². The van der Waals surface area contributed by atoms with Gasteiger partial charge in [0.1, 0.15) is 17.4 Å². The molecule has 0 atom stereocenters. The molecule has 1 rings (SSSR count). The van der Waals surface area contributed by atoms with Crippen LogP contribution in [0.3, 0.4) is 0 Å². The average molecular weight is 280 g/mol. The number of hydrogen-bond acceptors (Lipinski definition) is 2. The molecule has 0 aliphatic heterocycles. The topological polar surface area (TPSA) is 26.3 Å². The molecule has 2 nitrogen and oxygen atoms in total. The lowest BCUT2D eigenvalue weighted by Crippen LogP contribution is -2.05. The van der Waals surface area contributed by atoms with Crippen molar-refractivity contribution in [2.24, 2.45) is 0 Å². The van der Waals surface area contributed by atoms with Gasteiger partial charge in [0.15, 0.2) is 0 Å². The van der Waals surface area contributed by atoms with Gasteiger partial charge < -0.3 is 4.74 Å². The Bertz CT molecular complexity index is 521. The van der Waals surface area contributed by atoms with Crippen molar-refractivity contribution in [2.45, 2.75) is 33.6 Å². The van der Waals surface area contributed by atoms with Gasteiger partial charge in [-0.25, -0.2) is 13.6 Å². The van der Waals surface area contributed by atoms with E-state index in [-0.39, 0.29) is 5.75 Å². The van der Waals surface area contributed by atoms with E-state index >= 15 is 0 Å². The second-order valence-electron chi connectivity index (χ2n) is 4.84. The second-order valence-corrected chi connectivity index (χ2v) is 4.84. The third-order valence-electron chi connectivity index (χ3n) is 2.51. The number of esters is 1. The van der Waals surface area contributed by atoms with E-state index < -0.39 is 17.6 Å². The van der Waals surface area contributed by atoms with E-state index in [1.807, 2.05) is 20.8 Å². The number of rotatable bonds is 5. The predicted octanol–water partition coefficient (Wildman–Crippen LogP) is 4.56. The second kappa shape index (κ2) is 7.58. The highest BCUT2D eigenvalue weighted by atomic mass is 19.1. The maximum absolute atomic E-state index is 12.9. The van der Waals surface area contributed by atoms with Crippen molar-refractivity contribution in [1.29, 1.82) is 0 Å². The van der Waals surface area contributed by atoms with Crippen LogP contribution in [0.15, 0.2) is 41.5 Å². The van der Waals surface area contributed by atoms with Crippen LogP contribution in [-0.4, -0.2) is 5.97 Å². The number of carbonyl (C=O) groups excluding carboxylic acids is 1. The van der Waals surface area contributed by atoms with Crippen molar-refractivity contribution in [2.75, 3.05) is 0 Å². The lowest BCUT2D eigenvalue weighted by molar-refractivity contribution is -0.129. The number of halogens is 2. The molecule has 1 aromatic rings. The van der Waals surface area contributed by atoms with Crippen LogP contribution in [-0.2, 0) is 4.79 Å². The van der Waals surface area contributed by atoms with Crippen LogP contribution in [0.4, 0.5) is 8.78 Å². The van der Waals surface area contributed by atoms with Gasteiger partial charge >= 0.3 is 5.97 Å². The first-order valence-corrected chi connectivity index (χ1v) is 6.35. The van der Waals surface area contributed by atoms with Gasteiger partial charge in [0.05, 0.1) is 0 Å². The Kier molecular flexibility index (Phi) is 6.10. The van der Waals surface area contributed by atoms with E-state index in [9.17, 15) is 13.6 Å². The number of hydrogen-bond donors (Lipinski definition) is 0. The highest BCUT2D eigenvalue weighted by Gasteiger charge is 2.06. The molecular weight excluding hydrogens is 262 g/mol. The SMILES string of the molecule is CC(C)=CCC/C(C)=C/C(=O)Oc1cc(F)cc(F)c1. The summed E-state index contributed by atoms with van der Waals surface area (Å²) in [5, 5.41) is 0. The number of allylic oxidation sites excluding steroid dienone is 3. The van der Waals surface area contributed by atoms with Crippen LogP contribution in [0.25, 0.3) is 0 Å². The molecule has 0 heterocycles. The molecule has 1 aromatic carbocycles. The van der Waals surface area contributed by atoms with Crippen molar-refractivity contribution in [3.05, 3.63) is 53.1 Å². The number of benzene rings is 1. The molecule has 0 spiro atoms. The molecule has 0 saturated carbocycles. The molecule has 0 amide bonds. The zero-order chi connectivity index (χ0) is 15.1. The van der Waals surface area contributed by atoms with Crippen molar-refractivity contribution in [3.63, 3.8) is 0 Å². The first-order chi connectivity index (χ1) is 9.36. The standard InChI is InChI=1S/C16H18F2O2/c1-11(2)5-4-6-12(3)7-16(19)20-15-9-13(17)8-14(18)10-15/h5,7-10H,4,6H2,1-3H3/b12-7+. The van der Waals surface area contributed by atoms with Crippen LogP contribution < -0.4 is 4.74 Å². The minimum atomic E-state index is -0.781. The van der Waals surface area contributed by atoms with Gasteiger partial charge in [0, 0.05) is 24.3 Å². The molecule has 0 saturated heterocycles. The predicted molar refractivity (Wildman–Crippen MR) is 74.4 cm³/mol. The molecule has 20 heavy (non-hydrogen) atoms. The van der Waals surface area contributed by atoms with Gasteiger partial charge in [-0.05, 0) is 33.6 Å². The summed E-state index contributed by atoms with van der Waals surface area (Å²) in [5.41, 5.74) is 2.07.